The van der Waals surface area contributed by atoms with E-state index in [2.05, 4.69) is 0 Å². The molecule has 1 aromatic carbocycles. The van der Waals surface area contributed by atoms with Crippen LogP contribution in [-0.2, 0) is 0 Å². The van der Waals surface area contributed by atoms with E-state index in [4.69, 9.17) is 0 Å². The van der Waals surface area contributed by atoms with Crippen molar-refractivity contribution >= 4 is 5.91 Å². The molecule has 1 aromatic rings. The maximum Gasteiger partial charge on any atom is 0.258 e. The number of rotatable bonds is 1. The minimum absolute atomic E-state index is 0.0608. The molecule has 2 unspecified atom stereocenters. The molecule has 19 heavy (non-hydrogen) atoms. The predicted molar refractivity (Wildman–Crippen MR) is 73.5 cm³/mol. The normalized spacial score (nSPS) is 26.6. The van der Waals surface area contributed by atoms with Gasteiger partial charge in [0, 0.05) is 17.8 Å². The van der Waals surface area contributed by atoms with Gasteiger partial charge in [0.2, 0.25) is 0 Å². The van der Waals surface area contributed by atoms with Crippen LogP contribution in [0.1, 0.15) is 36.0 Å². The first kappa shape index (κ1) is 12.4. The van der Waals surface area contributed by atoms with Gasteiger partial charge in [-0.2, -0.15) is 0 Å². The van der Waals surface area contributed by atoms with Gasteiger partial charge >= 0.3 is 0 Å². The van der Waals surface area contributed by atoms with E-state index in [9.17, 15) is 9.90 Å². The topological polar surface area (TPSA) is 40.5 Å². The van der Waals surface area contributed by atoms with Crippen LogP contribution in [0, 0.1) is 5.92 Å². The van der Waals surface area contributed by atoms with Crippen molar-refractivity contribution in [1.29, 1.82) is 0 Å². The first-order chi connectivity index (χ1) is 9.25. The first-order valence-electron chi connectivity index (χ1n) is 7.02. The molecule has 1 N–H and O–H groups in total. The summed E-state index contributed by atoms with van der Waals surface area (Å²) in [6.45, 7) is 0.767. The Hall–Kier alpha value is -1.61. The molecule has 1 saturated heterocycles. The van der Waals surface area contributed by atoms with Crippen LogP contribution < -0.4 is 0 Å². The van der Waals surface area contributed by atoms with E-state index in [-0.39, 0.29) is 5.91 Å². The van der Waals surface area contributed by atoms with Crippen LogP contribution in [0.25, 0.3) is 0 Å². The van der Waals surface area contributed by atoms with Gasteiger partial charge in [0.05, 0.1) is 6.10 Å². The number of fused-ring (bicyclic) bond motifs is 1. The number of hydrogen-bond acceptors (Lipinski definition) is 2. The summed E-state index contributed by atoms with van der Waals surface area (Å²) in [5, 5.41) is 9.80. The van der Waals surface area contributed by atoms with Crippen molar-refractivity contribution in [2.75, 3.05) is 6.54 Å². The van der Waals surface area contributed by atoms with E-state index >= 15 is 0 Å². The monoisotopic (exact) mass is 257 g/mol. The number of allylic oxidation sites excluding steroid dienone is 1. The number of aliphatic hydroxyl groups is 1. The third-order valence-electron chi connectivity index (χ3n) is 4.10. The maximum atomic E-state index is 12.6. The first-order valence-corrected chi connectivity index (χ1v) is 7.02. The molecule has 0 spiro atoms. The molecule has 1 amide bonds. The Kier molecular flexibility index (Phi) is 3.38. The molecule has 0 bridgehead atoms. The van der Waals surface area contributed by atoms with Crippen LogP contribution in [0.4, 0.5) is 0 Å². The second-order valence-corrected chi connectivity index (χ2v) is 5.40. The minimum Gasteiger partial charge on any atom is -0.389 e. The van der Waals surface area contributed by atoms with Crippen molar-refractivity contribution in [3.63, 3.8) is 0 Å². The molecule has 3 rings (SSSR count). The summed E-state index contributed by atoms with van der Waals surface area (Å²) in [6.07, 6.45) is 5.49. The molecule has 0 aromatic heterocycles. The molecule has 1 aliphatic carbocycles. The summed E-state index contributed by atoms with van der Waals surface area (Å²) in [4.78, 5) is 14.4. The highest BCUT2D eigenvalue weighted by Crippen LogP contribution is 2.35. The third-order valence-corrected chi connectivity index (χ3v) is 4.10. The van der Waals surface area contributed by atoms with Gasteiger partial charge in [-0.1, -0.05) is 18.2 Å². The third kappa shape index (κ3) is 2.43. The van der Waals surface area contributed by atoms with E-state index in [1.54, 1.807) is 0 Å². The summed E-state index contributed by atoms with van der Waals surface area (Å²) >= 11 is 0. The zero-order valence-electron chi connectivity index (χ0n) is 11.0. The van der Waals surface area contributed by atoms with Crippen molar-refractivity contribution < 1.29 is 9.90 Å². The van der Waals surface area contributed by atoms with Crippen molar-refractivity contribution in [2.45, 2.75) is 31.8 Å². The summed E-state index contributed by atoms with van der Waals surface area (Å²) in [7, 11) is 0. The molecular formula is C16H19NO2. The number of carbonyl (C=O) groups excluding carboxylic acids is 1. The molecule has 3 nitrogen and oxygen atoms in total. The number of amides is 1. The quantitative estimate of drug-likeness (QED) is 0.840. The van der Waals surface area contributed by atoms with Crippen LogP contribution in [-0.4, -0.2) is 28.6 Å². The summed E-state index contributed by atoms with van der Waals surface area (Å²) in [5.74, 6) is 0.510. The molecule has 100 valence electrons. The average molecular weight is 257 g/mol. The second-order valence-electron chi connectivity index (χ2n) is 5.40. The van der Waals surface area contributed by atoms with Crippen LogP contribution in [0.2, 0.25) is 0 Å². The van der Waals surface area contributed by atoms with Crippen LogP contribution in [0.3, 0.4) is 0 Å². The Morgan fingerprint density at radius 1 is 1.16 bits per heavy atom. The minimum atomic E-state index is -0.393. The number of aliphatic hydroxyl groups excluding tert-OH is 1. The van der Waals surface area contributed by atoms with Gasteiger partial charge < -0.3 is 10.0 Å². The van der Waals surface area contributed by atoms with Crippen molar-refractivity contribution in [3.8, 4) is 0 Å². The summed E-state index contributed by atoms with van der Waals surface area (Å²) < 4.78 is 0. The molecule has 2 aliphatic rings. The number of nitrogens with zero attached hydrogens (tertiary/aromatic N) is 1. The van der Waals surface area contributed by atoms with Gasteiger partial charge in [-0.05, 0) is 49.8 Å². The highest BCUT2D eigenvalue weighted by atomic mass is 16.3. The highest BCUT2D eigenvalue weighted by molar-refractivity contribution is 5.95. The van der Waals surface area contributed by atoms with Crippen molar-refractivity contribution in [2.24, 2.45) is 5.92 Å². The lowest BCUT2D eigenvalue weighted by Gasteiger charge is -2.39. The molecule has 0 radical (unpaired) electrons. The largest absolute Gasteiger partial charge is 0.389 e. The smallest absolute Gasteiger partial charge is 0.258 e. The molecule has 3 heteroatoms. The molecular weight excluding hydrogens is 238 g/mol. The van der Waals surface area contributed by atoms with E-state index in [0.29, 0.717) is 5.92 Å². The molecule has 2 atom stereocenters. The molecule has 1 aliphatic heterocycles. The standard InChI is InChI=1S/C16H19NO2/c18-14-9-8-12-7-4-10-17(15(12)11-14)16(19)13-5-2-1-3-6-13/h1-3,5-6,11-12,14,18H,4,7-10H2. The number of likely N-dealkylation sites (tertiary alicyclic amines) is 1. The zero-order chi connectivity index (χ0) is 13.2. The Labute approximate surface area is 113 Å². The highest BCUT2D eigenvalue weighted by Gasteiger charge is 2.32. The number of carbonyl (C=O) groups is 1. The second kappa shape index (κ2) is 5.17. The zero-order valence-corrected chi connectivity index (χ0v) is 11.0. The van der Waals surface area contributed by atoms with Gasteiger partial charge in [-0.25, -0.2) is 0 Å². The van der Waals surface area contributed by atoms with Crippen molar-refractivity contribution in [1.82, 2.24) is 4.90 Å². The van der Waals surface area contributed by atoms with Crippen LogP contribution in [0.15, 0.2) is 42.1 Å². The fourth-order valence-corrected chi connectivity index (χ4v) is 3.12. The number of benzene rings is 1. The number of hydrogen-bond donors (Lipinski definition) is 1. The molecule has 1 fully saturated rings. The lowest BCUT2D eigenvalue weighted by atomic mass is 9.83. The lowest BCUT2D eigenvalue weighted by molar-refractivity contribution is 0.0728. The Morgan fingerprint density at radius 3 is 2.74 bits per heavy atom. The van der Waals surface area contributed by atoms with Gasteiger partial charge in [-0.15, -0.1) is 0 Å². The molecule has 0 saturated carbocycles. The van der Waals surface area contributed by atoms with Crippen LogP contribution >= 0.6 is 0 Å². The summed E-state index contributed by atoms with van der Waals surface area (Å²) in [5.41, 5.74) is 1.77. The van der Waals surface area contributed by atoms with Gasteiger partial charge in [0.1, 0.15) is 0 Å². The Bertz CT molecular complexity index is 495. The van der Waals surface area contributed by atoms with Gasteiger partial charge in [-0.3, -0.25) is 4.79 Å². The van der Waals surface area contributed by atoms with Crippen LogP contribution in [0.5, 0.6) is 0 Å². The fraction of sp³-hybridized carbons (Fsp3) is 0.438. The Balaban J connectivity index is 1.89. The SMILES string of the molecule is O=C(c1ccccc1)N1CCCC2CCC(O)C=C21. The summed E-state index contributed by atoms with van der Waals surface area (Å²) in [6, 6.07) is 9.40. The van der Waals surface area contributed by atoms with E-state index < -0.39 is 6.10 Å². The lowest BCUT2D eigenvalue weighted by Crippen LogP contribution is -2.40. The van der Waals surface area contributed by atoms with Gasteiger partial charge in [0.15, 0.2) is 0 Å². The predicted octanol–water partition coefficient (Wildman–Crippen LogP) is 2.58. The molecule has 1 heterocycles. The fourth-order valence-electron chi connectivity index (χ4n) is 3.12. The van der Waals surface area contributed by atoms with Gasteiger partial charge in [0.25, 0.3) is 5.91 Å². The van der Waals surface area contributed by atoms with E-state index in [1.807, 2.05) is 41.3 Å². The van der Waals surface area contributed by atoms with E-state index in [1.165, 1.54) is 0 Å². The van der Waals surface area contributed by atoms with Crippen molar-refractivity contribution in [3.05, 3.63) is 47.7 Å². The average Bonchev–Trinajstić information content (AvgIpc) is 2.47. The van der Waals surface area contributed by atoms with E-state index in [0.717, 1.165) is 43.5 Å². The Morgan fingerprint density at radius 2 is 1.95 bits per heavy atom. The maximum absolute atomic E-state index is 12.6. The number of piperidine rings is 1.